The third kappa shape index (κ3) is 6.41. The molecule has 0 amide bonds. The number of benzene rings is 3. The summed E-state index contributed by atoms with van der Waals surface area (Å²) in [5.41, 5.74) is 3.32. The van der Waals surface area contributed by atoms with E-state index in [1.54, 1.807) is 42.6 Å². The van der Waals surface area contributed by atoms with Gasteiger partial charge in [0.25, 0.3) is 10.0 Å². The quantitative estimate of drug-likeness (QED) is 0.258. The molecule has 1 saturated heterocycles. The highest BCUT2D eigenvalue weighted by molar-refractivity contribution is 7.93. The lowest BCUT2D eigenvalue weighted by Gasteiger charge is -2.37. The molecule has 0 bridgehead atoms. The fourth-order valence-corrected chi connectivity index (χ4v) is 6.16. The Morgan fingerprint density at radius 3 is 2.60 bits per heavy atom. The van der Waals surface area contributed by atoms with Gasteiger partial charge in [0.15, 0.2) is 6.29 Å². The van der Waals surface area contributed by atoms with E-state index in [2.05, 4.69) is 21.2 Å². The molecule has 0 spiro atoms. The molecule has 2 heterocycles. The number of rotatable bonds is 10. The summed E-state index contributed by atoms with van der Waals surface area (Å²) in [5.74, 6) is 0. The Hall–Kier alpha value is -3.60. The first-order valence-corrected chi connectivity index (χ1v) is 14.6. The summed E-state index contributed by atoms with van der Waals surface area (Å²) in [6.45, 7) is 5.20. The van der Waals surface area contributed by atoms with E-state index >= 15 is 0 Å². The SMILES string of the molecule is C=CCN(C)CC1CC(c2ccc(CO)cc2)OC(c2cccc(NS(=O)(=O)c3cccc4cccnc34)c2)O1. The van der Waals surface area contributed by atoms with E-state index in [0.717, 1.165) is 23.1 Å². The number of anilines is 1. The molecule has 0 aliphatic carbocycles. The second-order valence-electron chi connectivity index (χ2n) is 9.92. The van der Waals surface area contributed by atoms with E-state index in [9.17, 15) is 13.5 Å². The van der Waals surface area contributed by atoms with Gasteiger partial charge in [-0.25, -0.2) is 8.42 Å². The Morgan fingerprint density at radius 1 is 1.05 bits per heavy atom. The molecule has 3 unspecified atom stereocenters. The van der Waals surface area contributed by atoms with E-state index in [4.69, 9.17) is 9.47 Å². The van der Waals surface area contributed by atoms with E-state index in [1.165, 1.54) is 0 Å². The molecule has 9 heteroatoms. The molecule has 8 nitrogen and oxygen atoms in total. The van der Waals surface area contributed by atoms with E-state index < -0.39 is 16.3 Å². The number of para-hydroxylation sites is 1. The molecule has 3 aromatic carbocycles. The van der Waals surface area contributed by atoms with Gasteiger partial charge >= 0.3 is 0 Å². The summed E-state index contributed by atoms with van der Waals surface area (Å²) in [6, 6.07) is 23.5. The average molecular weight is 560 g/mol. The molecule has 5 rings (SSSR count). The highest BCUT2D eigenvalue weighted by Crippen LogP contribution is 2.39. The van der Waals surface area contributed by atoms with Crippen molar-refractivity contribution in [3.05, 3.63) is 114 Å². The van der Waals surface area contributed by atoms with Crippen LogP contribution < -0.4 is 4.72 Å². The predicted octanol–water partition coefficient (Wildman–Crippen LogP) is 5.19. The third-order valence-corrected chi connectivity index (χ3v) is 8.28. The van der Waals surface area contributed by atoms with Crippen LogP contribution in [0.5, 0.6) is 0 Å². The van der Waals surface area contributed by atoms with Gasteiger partial charge in [-0.05, 0) is 42.4 Å². The van der Waals surface area contributed by atoms with Crippen LogP contribution in [-0.4, -0.2) is 49.6 Å². The minimum absolute atomic E-state index is 0.0238. The lowest BCUT2D eigenvalue weighted by Crippen LogP contribution is -2.37. The molecular formula is C31H33N3O5S. The zero-order valence-corrected chi connectivity index (χ0v) is 23.1. The summed E-state index contributed by atoms with van der Waals surface area (Å²) >= 11 is 0. The normalized spacial score (nSPS) is 19.5. The smallest absolute Gasteiger partial charge is 0.264 e. The first kappa shape index (κ1) is 27.9. The van der Waals surface area contributed by atoms with Gasteiger partial charge in [0.05, 0.1) is 24.3 Å². The van der Waals surface area contributed by atoms with Gasteiger partial charge < -0.3 is 19.5 Å². The van der Waals surface area contributed by atoms with Crippen molar-refractivity contribution in [2.75, 3.05) is 24.9 Å². The van der Waals surface area contributed by atoms with Crippen LogP contribution in [0.2, 0.25) is 0 Å². The Morgan fingerprint density at radius 2 is 1.82 bits per heavy atom. The minimum atomic E-state index is -3.91. The largest absolute Gasteiger partial charge is 0.392 e. The summed E-state index contributed by atoms with van der Waals surface area (Å²) in [6.07, 6.45) is 3.00. The number of aliphatic hydroxyl groups excluding tert-OH is 1. The molecular weight excluding hydrogens is 526 g/mol. The van der Waals surface area contributed by atoms with Gasteiger partial charge in [-0.15, -0.1) is 6.58 Å². The summed E-state index contributed by atoms with van der Waals surface area (Å²) in [5, 5.41) is 10.2. The maximum atomic E-state index is 13.4. The Bertz CT molecular complexity index is 1570. The molecule has 1 aliphatic rings. The van der Waals surface area contributed by atoms with E-state index in [1.807, 2.05) is 55.6 Å². The van der Waals surface area contributed by atoms with Crippen molar-refractivity contribution < 1.29 is 23.0 Å². The Kier molecular flexibility index (Phi) is 8.58. The molecule has 1 aliphatic heterocycles. The van der Waals surface area contributed by atoms with Crippen LogP contribution in [0.25, 0.3) is 10.9 Å². The third-order valence-electron chi connectivity index (χ3n) is 6.87. The van der Waals surface area contributed by atoms with Crippen LogP contribution in [0.15, 0.2) is 103 Å². The minimum Gasteiger partial charge on any atom is -0.392 e. The number of fused-ring (bicyclic) bond motifs is 1. The highest BCUT2D eigenvalue weighted by atomic mass is 32.2. The maximum Gasteiger partial charge on any atom is 0.264 e. The molecule has 2 N–H and O–H groups in total. The van der Waals surface area contributed by atoms with Gasteiger partial charge in [-0.1, -0.05) is 60.7 Å². The number of hydrogen-bond donors (Lipinski definition) is 2. The first-order chi connectivity index (χ1) is 19.4. The molecule has 1 fully saturated rings. The summed E-state index contributed by atoms with van der Waals surface area (Å²) < 4.78 is 42.3. The van der Waals surface area contributed by atoms with Crippen LogP contribution in [0, 0.1) is 0 Å². The van der Waals surface area contributed by atoms with Crippen molar-refractivity contribution in [2.24, 2.45) is 0 Å². The monoisotopic (exact) mass is 559 g/mol. The van der Waals surface area contributed by atoms with Crippen LogP contribution in [-0.2, 0) is 26.1 Å². The molecule has 4 aromatic rings. The number of hydrogen-bond acceptors (Lipinski definition) is 7. The second kappa shape index (κ2) is 12.3. The number of pyridine rings is 1. The fourth-order valence-electron chi connectivity index (χ4n) is 4.93. The van der Waals surface area contributed by atoms with Crippen LogP contribution in [0.4, 0.5) is 5.69 Å². The standard InChI is InChI=1S/C31H33N3O5S/c1-3-17-34(2)20-27-19-28(23-14-12-22(21-35)13-15-23)39-31(38-27)25-8-4-10-26(18-25)33-40(36,37)29-11-5-7-24-9-6-16-32-30(24)29/h3-16,18,27-28,31,33,35H,1,17,19-21H2,2H3. The molecule has 1 aromatic heterocycles. The van der Waals surface area contributed by atoms with Crippen LogP contribution in [0.1, 0.15) is 35.5 Å². The highest BCUT2D eigenvalue weighted by Gasteiger charge is 2.33. The van der Waals surface area contributed by atoms with E-state index in [0.29, 0.717) is 29.7 Å². The molecule has 0 radical (unpaired) electrons. The zero-order chi connectivity index (χ0) is 28.1. The van der Waals surface area contributed by atoms with E-state index in [-0.39, 0.29) is 23.7 Å². The summed E-state index contributed by atoms with van der Waals surface area (Å²) in [4.78, 5) is 6.53. The van der Waals surface area contributed by atoms with Crippen molar-refractivity contribution in [3.63, 3.8) is 0 Å². The lowest BCUT2D eigenvalue weighted by atomic mass is 9.99. The summed E-state index contributed by atoms with van der Waals surface area (Å²) in [7, 11) is -1.90. The second-order valence-corrected chi connectivity index (χ2v) is 11.6. The topological polar surface area (TPSA) is 101 Å². The maximum absolute atomic E-state index is 13.4. The number of ether oxygens (including phenoxy) is 2. The number of likely N-dealkylation sites (N-methyl/N-ethyl adjacent to an activating group) is 1. The van der Waals surface area contributed by atoms with Gasteiger partial charge in [0.1, 0.15) is 4.90 Å². The zero-order valence-electron chi connectivity index (χ0n) is 22.3. The number of nitrogens with one attached hydrogen (secondary N) is 1. The predicted molar refractivity (Wildman–Crippen MR) is 155 cm³/mol. The van der Waals surface area contributed by atoms with Gasteiger partial charge in [-0.3, -0.25) is 9.71 Å². The molecule has 3 atom stereocenters. The van der Waals surface area contributed by atoms with Crippen molar-refractivity contribution in [1.82, 2.24) is 9.88 Å². The van der Waals surface area contributed by atoms with Gasteiger partial charge in [0.2, 0.25) is 0 Å². The molecule has 208 valence electrons. The first-order valence-electron chi connectivity index (χ1n) is 13.1. The number of sulfonamides is 1. The van der Waals surface area contributed by atoms with Crippen molar-refractivity contribution in [1.29, 1.82) is 0 Å². The van der Waals surface area contributed by atoms with Crippen LogP contribution in [0.3, 0.4) is 0 Å². The molecule has 40 heavy (non-hydrogen) atoms. The Labute approximate surface area is 234 Å². The van der Waals surface area contributed by atoms with Crippen molar-refractivity contribution in [2.45, 2.75) is 36.4 Å². The Balaban J connectivity index is 1.41. The number of aromatic nitrogens is 1. The lowest BCUT2D eigenvalue weighted by molar-refractivity contribution is -0.252. The van der Waals surface area contributed by atoms with Crippen molar-refractivity contribution in [3.8, 4) is 0 Å². The fraction of sp³-hybridized carbons (Fsp3) is 0.258. The van der Waals surface area contributed by atoms with Crippen LogP contribution >= 0.6 is 0 Å². The average Bonchev–Trinajstić information content (AvgIpc) is 2.96. The van der Waals surface area contributed by atoms with Gasteiger partial charge in [-0.2, -0.15) is 0 Å². The van der Waals surface area contributed by atoms with Crippen molar-refractivity contribution >= 4 is 26.6 Å². The number of nitrogens with zero attached hydrogens (tertiary/aromatic N) is 2. The molecule has 0 saturated carbocycles. The van der Waals surface area contributed by atoms with Gasteiger partial charge in [0, 0.05) is 42.3 Å². The number of aliphatic hydroxyl groups is 1.